The molecular weight excluding hydrogens is 292 g/mol. The molecular formula is C16H22N6O. The molecule has 2 aromatic rings. The SMILES string of the molecule is Cc1cc(Nc2cnccn2)nc([C@H]2CCCN(CCO)C2)n1. The number of likely N-dealkylation sites (tertiary alicyclic amines) is 1. The van der Waals surface area contributed by atoms with E-state index in [0.29, 0.717) is 18.3 Å². The lowest BCUT2D eigenvalue weighted by Gasteiger charge is -2.31. The molecule has 3 heterocycles. The van der Waals surface area contributed by atoms with Crippen LogP contribution in [0.1, 0.15) is 30.3 Å². The van der Waals surface area contributed by atoms with Crippen LogP contribution in [0.4, 0.5) is 11.6 Å². The van der Waals surface area contributed by atoms with Crippen LogP contribution in [0, 0.1) is 6.92 Å². The van der Waals surface area contributed by atoms with Crippen LogP contribution in [0.5, 0.6) is 0 Å². The van der Waals surface area contributed by atoms with Gasteiger partial charge in [0.05, 0.1) is 12.8 Å². The second kappa shape index (κ2) is 7.43. The van der Waals surface area contributed by atoms with Gasteiger partial charge in [-0.15, -0.1) is 0 Å². The highest BCUT2D eigenvalue weighted by atomic mass is 16.3. The van der Waals surface area contributed by atoms with Gasteiger partial charge in [-0.3, -0.25) is 4.98 Å². The quantitative estimate of drug-likeness (QED) is 0.864. The third-order valence-electron chi connectivity index (χ3n) is 3.98. The van der Waals surface area contributed by atoms with Crippen LogP contribution in [0.3, 0.4) is 0 Å². The van der Waals surface area contributed by atoms with Crippen molar-refractivity contribution in [1.82, 2.24) is 24.8 Å². The summed E-state index contributed by atoms with van der Waals surface area (Å²) in [5, 5.41) is 12.3. The highest BCUT2D eigenvalue weighted by Gasteiger charge is 2.23. The monoisotopic (exact) mass is 314 g/mol. The maximum Gasteiger partial charge on any atom is 0.150 e. The number of aromatic nitrogens is 4. The number of β-amino-alcohol motifs (C(OH)–C–C–N with tert-alkyl or cyclic N) is 1. The molecule has 0 unspecified atom stereocenters. The summed E-state index contributed by atoms with van der Waals surface area (Å²) in [5.41, 5.74) is 0.931. The number of nitrogens with zero attached hydrogens (tertiary/aromatic N) is 5. The maximum atomic E-state index is 9.13. The Labute approximate surface area is 135 Å². The predicted octanol–water partition coefficient (Wildman–Crippen LogP) is 1.49. The molecule has 0 bridgehead atoms. The molecule has 0 aromatic carbocycles. The number of aliphatic hydroxyl groups is 1. The average Bonchev–Trinajstić information content (AvgIpc) is 2.56. The minimum Gasteiger partial charge on any atom is -0.395 e. The fraction of sp³-hybridized carbons (Fsp3) is 0.500. The van der Waals surface area contributed by atoms with Gasteiger partial charge in [-0.05, 0) is 26.3 Å². The molecule has 1 aliphatic rings. The summed E-state index contributed by atoms with van der Waals surface area (Å²) < 4.78 is 0. The summed E-state index contributed by atoms with van der Waals surface area (Å²) in [5.74, 6) is 2.58. The number of hydrogen-bond acceptors (Lipinski definition) is 7. The largest absolute Gasteiger partial charge is 0.395 e. The number of nitrogens with one attached hydrogen (secondary N) is 1. The van der Waals surface area contributed by atoms with E-state index < -0.39 is 0 Å². The van der Waals surface area contributed by atoms with Crippen molar-refractivity contribution in [3.63, 3.8) is 0 Å². The zero-order valence-electron chi connectivity index (χ0n) is 13.3. The normalized spacial score (nSPS) is 18.8. The molecule has 0 aliphatic carbocycles. The molecule has 0 spiro atoms. The van der Waals surface area contributed by atoms with Crippen molar-refractivity contribution in [2.24, 2.45) is 0 Å². The van der Waals surface area contributed by atoms with Crippen LogP contribution in [-0.2, 0) is 0 Å². The second-order valence-corrected chi connectivity index (χ2v) is 5.83. The van der Waals surface area contributed by atoms with Crippen LogP contribution in [0.25, 0.3) is 0 Å². The minimum absolute atomic E-state index is 0.195. The highest BCUT2D eigenvalue weighted by Crippen LogP contribution is 2.25. The standard InChI is InChI=1S/C16H22N6O/c1-12-9-14(20-15-10-17-4-5-18-15)21-16(19-12)13-3-2-6-22(11-13)7-8-23/h4-5,9-10,13,23H,2-3,6-8,11H2,1H3,(H,18,19,20,21)/t13-/m0/s1. The number of aliphatic hydroxyl groups excluding tert-OH is 1. The van der Waals surface area contributed by atoms with Crippen molar-refractivity contribution in [2.75, 3.05) is 31.6 Å². The summed E-state index contributed by atoms with van der Waals surface area (Å²) in [6.07, 6.45) is 7.14. The Kier molecular flexibility index (Phi) is 5.09. The Morgan fingerprint density at radius 2 is 2.22 bits per heavy atom. The first-order valence-corrected chi connectivity index (χ1v) is 7.96. The molecule has 7 heteroatoms. The molecule has 7 nitrogen and oxygen atoms in total. The zero-order valence-corrected chi connectivity index (χ0v) is 13.3. The van der Waals surface area contributed by atoms with Gasteiger partial charge in [-0.1, -0.05) is 0 Å². The van der Waals surface area contributed by atoms with E-state index in [0.717, 1.165) is 43.3 Å². The third kappa shape index (κ3) is 4.20. The molecule has 3 rings (SSSR count). The van der Waals surface area contributed by atoms with E-state index in [-0.39, 0.29) is 6.61 Å². The lowest BCUT2D eigenvalue weighted by Crippen LogP contribution is -2.36. The van der Waals surface area contributed by atoms with Crippen molar-refractivity contribution < 1.29 is 5.11 Å². The fourth-order valence-electron chi connectivity index (χ4n) is 2.94. The van der Waals surface area contributed by atoms with Gasteiger partial charge in [0.25, 0.3) is 0 Å². The van der Waals surface area contributed by atoms with E-state index in [1.807, 2.05) is 13.0 Å². The van der Waals surface area contributed by atoms with E-state index >= 15 is 0 Å². The van der Waals surface area contributed by atoms with E-state index in [4.69, 9.17) is 5.11 Å². The lowest BCUT2D eigenvalue weighted by atomic mass is 9.97. The summed E-state index contributed by atoms with van der Waals surface area (Å²) in [6, 6.07) is 1.91. The molecule has 0 saturated carbocycles. The van der Waals surface area contributed by atoms with Crippen molar-refractivity contribution in [3.05, 3.63) is 36.2 Å². The van der Waals surface area contributed by atoms with Gasteiger partial charge >= 0.3 is 0 Å². The topological polar surface area (TPSA) is 87.1 Å². The molecule has 0 amide bonds. The van der Waals surface area contributed by atoms with Crippen LogP contribution in [0.15, 0.2) is 24.7 Å². The van der Waals surface area contributed by atoms with E-state index in [1.165, 1.54) is 0 Å². The molecule has 1 fully saturated rings. The first-order chi connectivity index (χ1) is 11.2. The zero-order chi connectivity index (χ0) is 16.1. The predicted molar refractivity (Wildman–Crippen MR) is 87.6 cm³/mol. The van der Waals surface area contributed by atoms with Gasteiger partial charge in [0.2, 0.25) is 0 Å². The van der Waals surface area contributed by atoms with Crippen LogP contribution in [0.2, 0.25) is 0 Å². The molecule has 2 aromatic heterocycles. The highest BCUT2D eigenvalue weighted by molar-refractivity contribution is 5.50. The summed E-state index contributed by atoms with van der Waals surface area (Å²) in [4.78, 5) is 19.8. The molecule has 122 valence electrons. The first kappa shape index (κ1) is 15.8. The van der Waals surface area contributed by atoms with Crippen LogP contribution >= 0.6 is 0 Å². The van der Waals surface area contributed by atoms with E-state index in [9.17, 15) is 0 Å². The van der Waals surface area contributed by atoms with Crippen molar-refractivity contribution in [1.29, 1.82) is 0 Å². The molecule has 1 saturated heterocycles. The summed E-state index contributed by atoms with van der Waals surface area (Å²) in [7, 11) is 0. The second-order valence-electron chi connectivity index (χ2n) is 5.83. The van der Waals surface area contributed by atoms with Gasteiger partial charge in [0.1, 0.15) is 17.5 Å². The Morgan fingerprint density at radius 3 is 3.00 bits per heavy atom. The molecule has 23 heavy (non-hydrogen) atoms. The number of hydrogen-bond donors (Lipinski definition) is 2. The fourth-order valence-corrected chi connectivity index (χ4v) is 2.94. The number of rotatable bonds is 5. The summed E-state index contributed by atoms with van der Waals surface area (Å²) in [6.45, 7) is 4.82. The first-order valence-electron chi connectivity index (χ1n) is 7.96. The van der Waals surface area contributed by atoms with Crippen molar-refractivity contribution in [3.8, 4) is 0 Å². The number of anilines is 2. The van der Waals surface area contributed by atoms with Crippen LogP contribution < -0.4 is 5.32 Å². The summed E-state index contributed by atoms with van der Waals surface area (Å²) >= 11 is 0. The van der Waals surface area contributed by atoms with Gasteiger partial charge in [-0.2, -0.15) is 0 Å². The van der Waals surface area contributed by atoms with Gasteiger partial charge in [0.15, 0.2) is 0 Å². The van der Waals surface area contributed by atoms with Gasteiger partial charge in [0, 0.05) is 43.2 Å². The van der Waals surface area contributed by atoms with E-state index in [2.05, 4.69) is 30.2 Å². The van der Waals surface area contributed by atoms with Crippen molar-refractivity contribution >= 4 is 11.6 Å². The average molecular weight is 314 g/mol. The van der Waals surface area contributed by atoms with E-state index in [1.54, 1.807) is 18.6 Å². The Bertz CT molecular complexity index is 634. The molecule has 1 atom stereocenters. The third-order valence-corrected chi connectivity index (χ3v) is 3.98. The van der Waals surface area contributed by atoms with Gasteiger partial charge in [-0.25, -0.2) is 15.0 Å². The van der Waals surface area contributed by atoms with Crippen molar-refractivity contribution in [2.45, 2.75) is 25.7 Å². The number of piperidine rings is 1. The maximum absolute atomic E-state index is 9.13. The lowest BCUT2D eigenvalue weighted by molar-refractivity contribution is 0.159. The smallest absolute Gasteiger partial charge is 0.150 e. The van der Waals surface area contributed by atoms with Crippen LogP contribution in [-0.4, -0.2) is 56.2 Å². The number of aryl methyl sites for hydroxylation is 1. The molecule has 0 radical (unpaired) electrons. The molecule has 1 aliphatic heterocycles. The van der Waals surface area contributed by atoms with Gasteiger partial charge < -0.3 is 15.3 Å². The Morgan fingerprint density at radius 1 is 1.30 bits per heavy atom. The Hall–Kier alpha value is -2.12. The Balaban J connectivity index is 1.77. The molecule has 2 N–H and O–H groups in total. The minimum atomic E-state index is 0.195.